The van der Waals surface area contributed by atoms with E-state index in [1.807, 2.05) is 36.4 Å². The molecule has 0 unspecified atom stereocenters. The lowest BCUT2D eigenvalue weighted by molar-refractivity contribution is 0.0488. The molecule has 0 spiro atoms. The Bertz CT molecular complexity index is 1130. The van der Waals surface area contributed by atoms with Crippen LogP contribution < -0.4 is 4.90 Å². The van der Waals surface area contributed by atoms with Gasteiger partial charge < -0.3 is 4.74 Å². The van der Waals surface area contributed by atoms with Crippen molar-refractivity contribution in [2.24, 2.45) is 5.92 Å². The van der Waals surface area contributed by atoms with Crippen molar-refractivity contribution in [1.29, 1.82) is 0 Å². The minimum atomic E-state index is -0.488. The lowest BCUT2D eigenvalue weighted by atomic mass is 10.1. The van der Waals surface area contributed by atoms with Crippen LogP contribution in [0.15, 0.2) is 60.7 Å². The van der Waals surface area contributed by atoms with E-state index in [1.54, 1.807) is 6.07 Å². The van der Waals surface area contributed by atoms with Crippen LogP contribution in [0.4, 0.5) is 5.69 Å². The van der Waals surface area contributed by atoms with E-state index in [9.17, 15) is 14.4 Å². The molecule has 0 atom stereocenters. The number of imide groups is 1. The lowest BCUT2D eigenvalue weighted by Gasteiger charge is -2.14. The molecule has 2 amide bonds. The van der Waals surface area contributed by atoms with Crippen LogP contribution in [0.2, 0.25) is 0 Å². The van der Waals surface area contributed by atoms with Crippen LogP contribution in [0.3, 0.4) is 0 Å². The molecule has 5 heteroatoms. The predicted molar refractivity (Wildman–Crippen MR) is 111 cm³/mol. The smallest absolute Gasteiger partial charge is 0.338 e. The van der Waals surface area contributed by atoms with Crippen molar-refractivity contribution < 1.29 is 19.1 Å². The summed E-state index contributed by atoms with van der Waals surface area (Å²) in [4.78, 5) is 39.3. The largest absolute Gasteiger partial charge is 0.462 e. The minimum Gasteiger partial charge on any atom is -0.462 e. The standard InChI is InChI=1S/C24H21NO4/c1-15(2)11-12-29-24(28)18-8-10-20-21(14-18)23(27)25(22(20)26)19-9-7-16-5-3-4-6-17(16)13-19/h3-10,13-15H,11-12H2,1-2H3. The van der Waals surface area contributed by atoms with E-state index < -0.39 is 11.9 Å². The average molecular weight is 387 g/mol. The molecule has 0 radical (unpaired) electrons. The summed E-state index contributed by atoms with van der Waals surface area (Å²) in [5.74, 6) is -0.882. The molecular formula is C24H21NO4. The highest BCUT2D eigenvalue weighted by Gasteiger charge is 2.37. The van der Waals surface area contributed by atoms with Gasteiger partial charge in [-0.15, -0.1) is 0 Å². The summed E-state index contributed by atoms with van der Waals surface area (Å²) >= 11 is 0. The molecule has 0 aliphatic carbocycles. The number of hydrogen-bond acceptors (Lipinski definition) is 4. The zero-order valence-electron chi connectivity index (χ0n) is 16.3. The third kappa shape index (κ3) is 3.51. The monoisotopic (exact) mass is 387 g/mol. The SMILES string of the molecule is CC(C)CCOC(=O)c1ccc2c(c1)C(=O)N(c1ccc3ccccc3c1)C2=O. The number of anilines is 1. The number of hydrogen-bond donors (Lipinski definition) is 0. The van der Waals surface area contributed by atoms with Gasteiger partial charge in [0.1, 0.15) is 0 Å². The molecule has 0 aromatic heterocycles. The van der Waals surface area contributed by atoms with Gasteiger partial charge in [0.15, 0.2) is 0 Å². The Kier molecular flexibility index (Phi) is 4.89. The van der Waals surface area contributed by atoms with Crippen LogP contribution >= 0.6 is 0 Å². The zero-order chi connectivity index (χ0) is 20.5. The summed E-state index contributed by atoms with van der Waals surface area (Å²) in [6.07, 6.45) is 0.768. The highest BCUT2D eigenvalue weighted by molar-refractivity contribution is 6.35. The first-order valence-electron chi connectivity index (χ1n) is 9.64. The fraction of sp³-hybridized carbons (Fsp3) is 0.208. The van der Waals surface area contributed by atoms with Crippen molar-refractivity contribution in [3.05, 3.63) is 77.4 Å². The van der Waals surface area contributed by atoms with Gasteiger partial charge in [-0.2, -0.15) is 0 Å². The molecule has 0 saturated heterocycles. The molecule has 5 nitrogen and oxygen atoms in total. The van der Waals surface area contributed by atoms with Gasteiger partial charge in [-0.25, -0.2) is 9.69 Å². The van der Waals surface area contributed by atoms with Gasteiger partial charge in [-0.05, 0) is 53.4 Å². The second-order valence-corrected chi connectivity index (χ2v) is 7.56. The van der Waals surface area contributed by atoms with Crippen LogP contribution in [0.5, 0.6) is 0 Å². The summed E-state index contributed by atoms with van der Waals surface area (Å²) < 4.78 is 5.27. The Hall–Kier alpha value is -3.47. The van der Waals surface area contributed by atoms with E-state index >= 15 is 0 Å². The van der Waals surface area contributed by atoms with E-state index in [4.69, 9.17) is 4.74 Å². The van der Waals surface area contributed by atoms with E-state index in [-0.39, 0.29) is 17.0 Å². The average Bonchev–Trinajstić information content (AvgIpc) is 2.97. The van der Waals surface area contributed by atoms with Crippen LogP contribution in [0.1, 0.15) is 51.3 Å². The molecule has 29 heavy (non-hydrogen) atoms. The molecule has 0 N–H and O–H groups in total. The van der Waals surface area contributed by atoms with Gasteiger partial charge in [-0.3, -0.25) is 9.59 Å². The third-order valence-electron chi connectivity index (χ3n) is 5.04. The van der Waals surface area contributed by atoms with Crippen molar-refractivity contribution in [3.63, 3.8) is 0 Å². The number of ether oxygens (including phenoxy) is 1. The predicted octanol–water partition coefficient (Wildman–Crippen LogP) is 4.84. The van der Waals surface area contributed by atoms with Crippen LogP contribution in [-0.2, 0) is 4.74 Å². The second kappa shape index (κ2) is 7.51. The number of carbonyl (C=O) groups excluding carboxylic acids is 3. The number of nitrogens with zero attached hydrogens (tertiary/aromatic N) is 1. The topological polar surface area (TPSA) is 63.7 Å². The molecule has 1 heterocycles. The Labute approximate surface area is 168 Å². The fourth-order valence-corrected chi connectivity index (χ4v) is 3.39. The number of carbonyl (C=O) groups is 3. The highest BCUT2D eigenvalue weighted by atomic mass is 16.5. The van der Waals surface area contributed by atoms with Gasteiger partial charge in [0.05, 0.1) is 29.0 Å². The van der Waals surface area contributed by atoms with E-state index in [1.165, 1.54) is 18.2 Å². The molecule has 0 bridgehead atoms. The third-order valence-corrected chi connectivity index (χ3v) is 5.04. The molecule has 1 aliphatic rings. The van der Waals surface area contributed by atoms with Crippen molar-refractivity contribution in [1.82, 2.24) is 0 Å². The van der Waals surface area contributed by atoms with Crippen LogP contribution in [-0.4, -0.2) is 24.4 Å². The van der Waals surface area contributed by atoms with Gasteiger partial charge in [0.2, 0.25) is 0 Å². The first-order chi connectivity index (χ1) is 14.0. The summed E-state index contributed by atoms with van der Waals surface area (Å²) in [5, 5.41) is 1.97. The quantitative estimate of drug-likeness (QED) is 0.464. The summed E-state index contributed by atoms with van der Waals surface area (Å²) in [6.45, 7) is 4.42. The molecule has 0 fully saturated rings. The molecule has 4 rings (SSSR count). The number of rotatable bonds is 5. The summed E-state index contributed by atoms with van der Waals surface area (Å²) in [5.41, 5.74) is 1.30. The van der Waals surface area contributed by atoms with Crippen LogP contribution in [0, 0.1) is 5.92 Å². The Morgan fingerprint density at radius 2 is 1.62 bits per heavy atom. The first-order valence-corrected chi connectivity index (χ1v) is 9.64. The molecule has 3 aromatic rings. The van der Waals surface area contributed by atoms with Gasteiger partial charge in [0.25, 0.3) is 11.8 Å². The molecule has 146 valence electrons. The second-order valence-electron chi connectivity index (χ2n) is 7.56. The van der Waals surface area contributed by atoms with Gasteiger partial charge in [-0.1, -0.05) is 44.2 Å². The Morgan fingerprint density at radius 3 is 2.38 bits per heavy atom. The summed E-state index contributed by atoms with van der Waals surface area (Å²) in [6, 6.07) is 17.7. The van der Waals surface area contributed by atoms with Crippen molar-refractivity contribution in [2.45, 2.75) is 20.3 Å². The summed E-state index contributed by atoms with van der Waals surface area (Å²) in [7, 11) is 0. The first kappa shape index (κ1) is 18.9. The van der Waals surface area contributed by atoms with Crippen LogP contribution in [0.25, 0.3) is 10.8 Å². The Balaban J connectivity index is 1.61. The molecular weight excluding hydrogens is 366 g/mol. The van der Waals surface area contributed by atoms with Crippen molar-refractivity contribution >= 4 is 34.2 Å². The normalized spacial score (nSPS) is 13.3. The number of esters is 1. The van der Waals surface area contributed by atoms with Crippen molar-refractivity contribution in [3.8, 4) is 0 Å². The number of benzene rings is 3. The Morgan fingerprint density at radius 1 is 0.897 bits per heavy atom. The maximum Gasteiger partial charge on any atom is 0.338 e. The maximum atomic E-state index is 13.0. The molecule has 1 aliphatic heterocycles. The van der Waals surface area contributed by atoms with Gasteiger partial charge >= 0.3 is 5.97 Å². The molecule has 0 saturated carbocycles. The molecule has 3 aromatic carbocycles. The maximum absolute atomic E-state index is 13.0. The van der Waals surface area contributed by atoms with E-state index in [0.717, 1.165) is 22.1 Å². The van der Waals surface area contributed by atoms with E-state index in [0.29, 0.717) is 23.8 Å². The minimum absolute atomic E-state index is 0.224. The number of fused-ring (bicyclic) bond motifs is 2. The fourth-order valence-electron chi connectivity index (χ4n) is 3.39. The zero-order valence-corrected chi connectivity index (χ0v) is 16.3. The van der Waals surface area contributed by atoms with Crippen molar-refractivity contribution in [2.75, 3.05) is 11.5 Å². The lowest BCUT2D eigenvalue weighted by Crippen LogP contribution is -2.29. The van der Waals surface area contributed by atoms with Gasteiger partial charge in [0, 0.05) is 0 Å². The van der Waals surface area contributed by atoms with E-state index in [2.05, 4.69) is 13.8 Å². The highest BCUT2D eigenvalue weighted by Crippen LogP contribution is 2.31. The number of amides is 2.